The van der Waals surface area contributed by atoms with Crippen molar-refractivity contribution in [1.82, 2.24) is 0 Å². The second kappa shape index (κ2) is 8.70. The molecule has 1 atom stereocenters. The number of carbonyl (C=O) groups is 2. The number of halogens is 3. The number of aryl methyl sites for hydroxylation is 1. The lowest BCUT2D eigenvalue weighted by atomic mass is 10.2. The van der Waals surface area contributed by atoms with Gasteiger partial charge < -0.3 is 14.8 Å². The third kappa shape index (κ3) is 6.75. The van der Waals surface area contributed by atoms with E-state index in [-0.39, 0.29) is 12.1 Å². The number of ether oxygens (including phenoxy) is 2. The Labute approximate surface area is 151 Å². The number of benzene rings is 1. The maximum absolute atomic E-state index is 12.1. The molecule has 0 saturated heterocycles. The Morgan fingerprint density at radius 1 is 1.19 bits per heavy atom. The number of carbonyl (C=O) groups excluding carboxylic acids is 2. The zero-order valence-corrected chi connectivity index (χ0v) is 14.5. The van der Waals surface area contributed by atoms with Crippen LogP contribution in [0.4, 0.5) is 18.9 Å². The molecule has 26 heavy (non-hydrogen) atoms. The van der Waals surface area contributed by atoms with Crippen molar-refractivity contribution in [3.8, 4) is 5.75 Å². The van der Waals surface area contributed by atoms with Crippen LogP contribution >= 0.6 is 11.3 Å². The fourth-order valence-corrected chi connectivity index (χ4v) is 2.68. The average molecular weight is 387 g/mol. The number of esters is 1. The van der Waals surface area contributed by atoms with Crippen LogP contribution in [-0.2, 0) is 20.7 Å². The Bertz CT molecular complexity index is 729. The first-order valence-electron chi connectivity index (χ1n) is 7.60. The van der Waals surface area contributed by atoms with Gasteiger partial charge in [-0.2, -0.15) is 11.3 Å². The van der Waals surface area contributed by atoms with Gasteiger partial charge in [0.05, 0.1) is 0 Å². The summed E-state index contributed by atoms with van der Waals surface area (Å²) < 4.78 is 45.1. The molecule has 0 aliphatic rings. The maximum Gasteiger partial charge on any atom is 0.573 e. The first-order chi connectivity index (χ1) is 12.2. The number of rotatable bonds is 7. The van der Waals surface area contributed by atoms with E-state index in [0.717, 1.165) is 17.7 Å². The number of nitrogens with one attached hydrogen (secondary N) is 1. The van der Waals surface area contributed by atoms with Gasteiger partial charge in [-0.1, -0.05) is 0 Å². The highest BCUT2D eigenvalue weighted by Gasteiger charge is 2.31. The molecule has 2 rings (SSSR count). The van der Waals surface area contributed by atoms with Gasteiger partial charge in [-0.05, 0) is 60.0 Å². The molecule has 0 saturated carbocycles. The molecule has 0 spiro atoms. The number of hydrogen-bond donors (Lipinski definition) is 1. The van der Waals surface area contributed by atoms with E-state index in [1.165, 1.54) is 30.4 Å². The summed E-state index contributed by atoms with van der Waals surface area (Å²) in [4.78, 5) is 23.8. The zero-order valence-electron chi connectivity index (χ0n) is 13.7. The Balaban J connectivity index is 1.79. The molecule has 2 aromatic rings. The van der Waals surface area contributed by atoms with Crippen molar-refractivity contribution < 1.29 is 32.2 Å². The predicted octanol–water partition coefficient (Wildman–Crippen LogP) is 4.15. The van der Waals surface area contributed by atoms with Gasteiger partial charge in [0.25, 0.3) is 5.91 Å². The molecule has 5 nitrogen and oxygen atoms in total. The molecule has 1 heterocycles. The third-order valence-electron chi connectivity index (χ3n) is 3.23. The summed E-state index contributed by atoms with van der Waals surface area (Å²) in [5.41, 5.74) is 1.27. The first kappa shape index (κ1) is 19.8. The van der Waals surface area contributed by atoms with E-state index >= 15 is 0 Å². The topological polar surface area (TPSA) is 64.6 Å². The van der Waals surface area contributed by atoms with E-state index in [4.69, 9.17) is 4.74 Å². The second-order valence-corrected chi connectivity index (χ2v) is 6.11. The lowest BCUT2D eigenvalue weighted by molar-refractivity contribution is -0.274. The highest BCUT2D eigenvalue weighted by Crippen LogP contribution is 2.24. The minimum absolute atomic E-state index is 0.151. The highest BCUT2D eigenvalue weighted by molar-refractivity contribution is 7.07. The minimum Gasteiger partial charge on any atom is -0.453 e. The van der Waals surface area contributed by atoms with E-state index in [2.05, 4.69) is 10.1 Å². The first-order valence-corrected chi connectivity index (χ1v) is 8.54. The largest absolute Gasteiger partial charge is 0.573 e. The highest BCUT2D eigenvalue weighted by atomic mass is 32.1. The molecule has 1 N–H and O–H groups in total. The van der Waals surface area contributed by atoms with Crippen molar-refractivity contribution in [1.29, 1.82) is 0 Å². The van der Waals surface area contributed by atoms with Gasteiger partial charge in [0.2, 0.25) is 0 Å². The monoisotopic (exact) mass is 387 g/mol. The van der Waals surface area contributed by atoms with E-state index in [9.17, 15) is 22.8 Å². The second-order valence-electron chi connectivity index (χ2n) is 5.33. The van der Waals surface area contributed by atoms with E-state index in [1.54, 1.807) is 0 Å². The molecule has 0 bridgehead atoms. The molecule has 0 radical (unpaired) electrons. The number of hydrogen-bond acceptors (Lipinski definition) is 5. The minimum atomic E-state index is -4.78. The maximum atomic E-state index is 12.1. The summed E-state index contributed by atoms with van der Waals surface area (Å²) in [5, 5.41) is 6.29. The number of anilines is 1. The van der Waals surface area contributed by atoms with Crippen LogP contribution < -0.4 is 10.1 Å². The average Bonchev–Trinajstić information content (AvgIpc) is 3.07. The quantitative estimate of drug-likeness (QED) is 0.725. The molecule has 0 aliphatic heterocycles. The Morgan fingerprint density at radius 2 is 1.88 bits per heavy atom. The van der Waals surface area contributed by atoms with Crippen molar-refractivity contribution in [2.75, 3.05) is 5.32 Å². The standard InChI is InChI=1S/C17H16F3NO4S/c1-11(24-15(22)7-2-12-8-9-26-10-12)16(23)21-13-3-5-14(6-4-13)25-17(18,19)20/h3-6,8-11H,2,7H2,1H3,(H,21,23)/t11-/m0/s1. The van der Waals surface area contributed by atoms with Gasteiger partial charge in [-0.3, -0.25) is 9.59 Å². The fourth-order valence-electron chi connectivity index (χ4n) is 1.97. The zero-order chi connectivity index (χ0) is 19.2. The molecule has 0 aliphatic carbocycles. The van der Waals surface area contributed by atoms with Crippen molar-refractivity contribution in [2.45, 2.75) is 32.2 Å². The van der Waals surface area contributed by atoms with Gasteiger partial charge in [0, 0.05) is 12.1 Å². The number of alkyl halides is 3. The van der Waals surface area contributed by atoms with Crippen LogP contribution in [0.2, 0.25) is 0 Å². The summed E-state index contributed by atoms with van der Waals surface area (Å²) in [6.45, 7) is 1.42. The number of thiophene rings is 1. The molecule has 140 valence electrons. The Hall–Kier alpha value is -2.55. The van der Waals surface area contributed by atoms with Crippen molar-refractivity contribution in [3.05, 3.63) is 46.7 Å². The lowest BCUT2D eigenvalue weighted by Gasteiger charge is -2.14. The van der Waals surface area contributed by atoms with Crippen LogP contribution in [0.15, 0.2) is 41.1 Å². The van der Waals surface area contributed by atoms with Gasteiger partial charge in [0.1, 0.15) is 5.75 Å². The molecule has 0 fully saturated rings. The van der Waals surface area contributed by atoms with E-state index in [0.29, 0.717) is 6.42 Å². The lowest BCUT2D eigenvalue weighted by Crippen LogP contribution is -2.30. The summed E-state index contributed by atoms with van der Waals surface area (Å²) in [6, 6.07) is 6.55. The Kier molecular flexibility index (Phi) is 6.62. The third-order valence-corrected chi connectivity index (χ3v) is 3.96. The van der Waals surface area contributed by atoms with E-state index in [1.807, 2.05) is 16.8 Å². The van der Waals surface area contributed by atoms with Crippen molar-refractivity contribution in [2.24, 2.45) is 0 Å². The molecule has 0 unspecified atom stereocenters. The van der Waals surface area contributed by atoms with Crippen LogP contribution in [-0.4, -0.2) is 24.3 Å². The molecular formula is C17H16F3NO4S. The molecule has 1 amide bonds. The SMILES string of the molecule is C[C@H](OC(=O)CCc1ccsc1)C(=O)Nc1ccc(OC(F)(F)F)cc1. The summed E-state index contributed by atoms with van der Waals surface area (Å²) in [6.07, 6.45) is -5.14. The smallest absolute Gasteiger partial charge is 0.453 e. The summed E-state index contributed by atoms with van der Waals surface area (Å²) >= 11 is 1.53. The predicted molar refractivity (Wildman–Crippen MR) is 89.9 cm³/mol. The fraction of sp³-hybridized carbons (Fsp3) is 0.294. The van der Waals surface area contributed by atoms with E-state index < -0.39 is 30.1 Å². The molecule has 1 aromatic carbocycles. The summed E-state index contributed by atoms with van der Waals surface area (Å²) in [7, 11) is 0. The molecule has 1 aromatic heterocycles. The van der Waals surface area contributed by atoms with Crippen LogP contribution in [0.3, 0.4) is 0 Å². The van der Waals surface area contributed by atoms with Gasteiger partial charge in [-0.15, -0.1) is 13.2 Å². The van der Waals surface area contributed by atoms with Gasteiger partial charge >= 0.3 is 12.3 Å². The molecule has 9 heteroatoms. The normalized spacial score (nSPS) is 12.3. The van der Waals surface area contributed by atoms with Crippen LogP contribution in [0.5, 0.6) is 5.75 Å². The van der Waals surface area contributed by atoms with Crippen molar-refractivity contribution >= 4 is 28.9 Å². The van der Waals surface area contributed by atoms with Crippen molar-refractivity contribution in [3.63, 3.8) is 0 Å². The van der Waals surface area contributed by atoms with Crippen LogP contribution in [0.25, 0.3) is 0 Å². The molecular weight excluding hydrogens is 371 g/mol. The van der Waals surface area contributed by atoms with Gasteiger partial charge in [0.15, 0.2) is 6.10 Å². The van der Waals surface area contributed by atoms with Crippen LogP contribution in [0.1, 0.15) is 18.9 Å². The summed E-state index contributed by atoms with van der Waals surface area (Å²) in [5.74, 6) is -1.49. The number of amides is 1. The van der Waals surface area contributed by atoms with Gasteiger partial charge in [-0.25, -0.2) is 0 Å². The Morgan fingerprint density at radius 3 is 2.46 bits per heavy atom. The van der Waals surface area contributed by atoms with Crippen LogP contribution in [0, 0.1) is 0 Å².